The standard InChI is InChI=1S/C18H22O/c1-3-8-18(17-12-7-9-15(2)13-17)19-14-16-10-5-4-6-11-16/h4-7,9-13,18H,3,8,14H2,1-2H3. The zero-order valence-electron chi connectivity index (χ0n) is 11.8. The van der Waals surface area contributed by atoms with Crippen molar-refractivity contribution >= 4 is 0 Å². The Balaban J connectivity index is 2.04. The molecule has 1 nitrogen and oxygen atoms in total. The number of hydrogen-bond donors (Lipinski definition) is 0. The quantitative estimate of drug-likeness (QED) is 0.700. The molecule has 19 heavy (non-hydrogen) atoms. The summed E-state index contributed by atoms with van der Waals surface area (Å²) in [6.45, 7) is 5.01. The summed E-state index contributed by atoms with van der Waals surface area (Å²) < 4.78 is 6.11. The zero-order chi connectivity index (χ0) is 13.5. The summed E-state index contributed by atoms with van der Waals surface area (Å²) in [5.74, 6) is 0. The van der Waals surface area contributed by atoms with Gasteiger partial charge < -0.3 is 4.74 Å². The third-order valence-electron chi connectivity index (χ3n) is 3.26. The Morgan fingerprint density at radius 1 is 1.00 bits per heavy atom. The fourth-order valence-electron chi connectivity index (χ4n) is 2.25. The molecule has 0 amide bonds. The second-order valence-corrected chi connectivity index (χ2v) is 4.99. The highest BCUT2D eigenvalue weighted by atomic mass is 16.5. The van der Waals surface area contributed by atoms with Gasteiger partial charge in [-0.05, 0) is 24.5 Å². The molecular weight excluding hydrogens is 232 g/mol. The second-order valence-electron chi connectivity index (χ2n) is 4.99. The molecule has 0 aliphatic heterocycles. The molecule has 2 aromatic carbocycles. The van der Waals surface area contributed by atoms with Crippen LogP contribution in [0.1, 0.15) is 42.6 Å². The van der Waals surface area contributed by atoms with Gasteiger partial charge in [0, 0.05) is 0 Å². The summed E-state index contributed by atoms with van der Waals surface area (Å²) in [7, 11) is 0. The van der Waals surface area contributed by atoms with Crippen molar-refractivity contribution in [1.82, 2.24) is 0 Å². The van der Waals surface area contributed by atoms with Gasteiger partial charge in [-0.15, -0.1) is 0 Å². The third kappa shape index (κ3) is 4.22. The molecule has 1 atom stereocenters. The van der Waals surface area contributed by atoms with Gasteiger partial charge in [-0.25, -0.2) is 0 Å². The van der Waals surface area contributed by atoms with Crippen molar-refractivity contribution in [2.75, 3.05) is 0 Å². The molecule has 0 N–H and O–H groups in total. The normalized spacial score (nSPS) is 12.3. The highest BCUT2D eigenvalue weighted by molar-refractivity contribution is 5.24. The Bertz CT molecular complexity index is 490. The molecule has 0 radical (unpaired) electrons. The Hall–Kier alpha value is -1.60. The highest BCUT2D eigenvalue weighted by Crippen LogP contribution is 2.24. The molecule has 1 heteroatoms. The van der Waals surface area contributed by atoms with Crippen LogP contribution in [0.2, 0.25) is 0 Å². The molecular formula is C18H22O. The lowest BCUT2D eigenvalue weighted by Crippen LogP contribution is -2.04. The van der Waals surface area contributed by atoms with Crippen molar-refractivity contribution < 1.29 is 4.74 Å². The summed E-state index contributed by atoms with van der Waals surface area (Å²) in [5.41, 5.74) is 3.82. The molecule has 0 aliphatic rings. The fraction of sp³-hybridized carbons (Fsp3) is 0.333. The second kappa shape index (κ2) is 7.10. The average Bonchev–Trinajstić information content (AvgIpc) is 2.44. The zero-order valence-corrected chi connectivity index (χ0v) is 11.8. The van der Waals surface area contributed by atoms with Crippen LogP contribution in [0.15, 0.2) is 54.6 Å². The molecule has 0 bridgehead atoms. The lowest BCUT2D eigenvalue weighted by molar-refractivity contribution is 0.0334. The van der Waals surface area contributed by atoms with Crippen LogP contribution >= 0.6 is 0 Å². The van der Waals surface area contributed by atoms with Crippen LogP contribution in [0.5, 0.6) is 0 Å². The van der Waals surface area contributed by atoms with E-state index in [1.807, 2.05) is 6.07 Å². The molecule has 1 unspecified atom stereocenters. The molecule has 0 saturated heterocycles. The molecule has 0 aromatic heterocycles. The number of hydrogen-bond acceptors (Lipinski definition) is 1. The van der Waals surface area contributed by atoms with Gasteiger partial charge in [-0.3, -0.25) is 0 Å². The first-order valence-corrected chi connectivity index (χ1v) is 7.01. The maximum absolute atomic E-state index is 6.11. The minimum absolute atomic E-state index is 0.199. The first kappa shape index (κ1) is 13.8. The van der Waals surface area contributed by atoms with E-state index in [4.69, 9.17) is 4.74 Å². The lowest BCUT2D eigenvalue weighted by atomic mass is 10.0. The lowest BCUT2D eigenvalue weighted by Gasteiger charge is -2.18. The Kier molecular flexibility index (Phi) is 5.17. The number of ether oxygens (including phenoxy) is 1. The Morgan fingerprint density at radius 3 is 2.47 bits per heavy atom. The first-order chi connectivity index (χ1) is 9.29. The molecule has 0 aliphatic carbocycles. The maximum atomic E-state index is 6.11. The summed E-state index contributed by atoms with van der Waals surface area (Å²) >= 11 is 0. The Labute approximate surface area is 116 Å². The highest BCUT2D eigenvalue weighted by Gasteiger charge is 2.11. The predicted octanol–water partition coefficient (Wildman–Crippen LogP) is 5.05. The van der Waals surface area contributed by atoms with Crippen LogP contribution in [0.4, 0.5) is 0 Å². The van der Waals surface area contributed by atoms with E-state index < -0.39 is 0 Å². The van der Waals surface area contributed by atoms with Gasteiger partial charge in [-0.2, -0.15) is 0 Å². The maximum Gasteiger partial charge on any atom is 0.0829 e. The van der Waals surface area contributed by atoms with E-state index >= 15 is 0 Å². The van der Waals surface area contributed by atoms with Gasteiger partial charge in [0.1, 0.15) is 0 Å². The van der Waals surface area contributed by atoms with Crippen molar-refractivity contribution in [3.8, 4) is 0 Å². The summed E-state index contributed by atoms with van der Waals surface area (Å²) in [4.78, 5) is 0. The SMILES string of the molecule is CCCC(OCc1ccccc1)c1cccc(C)c1. The van der Waals surface area contributed by atoms with Crippen molar-refractivity contribution in [2.45, 2.75) is 39.4 Å². The molecule has 2 aromatic rings. The molecule has 2 rings (SSSR count). The molecule has 0 fully saturated rings. The average molecular weight is 254 g/mol. The van der Waals surface area contributed by atoms with E-state index in [-0.39, 0.29) is 6.10 Å². The van der Waals surface area contributed by atoms with Gasteiger partial charge in [0.15, 0.2) is 0 Å². The minimum atomic E-state index is 0.199. The minimum Gasteiger partial charge on any atom is -0.369 e. The summed E-state index contributed by atoms with van der Waals surface area (Å²) in [6.07, 6.45) is 2.40. The summed E-state index contributed by atoms with van der Waals surface area (Å²) in [6, 6.07) is 19.0. The predicted molar refractivity (Wildman–Crippen MR) is 80.1 cm³/mol. The number of benzene rings is 2. The summed E-state index contributed by atoms with van der Waals surface area (Å²) in [5, 5.41) is 0. The fourth-order valence-corrected chi connectivity index (χ4v) is 2.25. The molecule has 0 heterocycles. The molecule has 0 saturated carbocycles. The van der Waals surface area contributed by atoms with E-state index in [9.17, 15) is 0 Å². The number of aryl methyl sites for hydroxylation is 1. The largest absolute Gasteiger partial charge is 0.369 e. The van der Waals surface area contributed by atoms with E-state index in [2.05, 4.69) is 62.4 Å². The van der Waals surface area contributed by atoms with Crippen molar-refractivity contribution in [3.05, 3.63) is 71.3 Å². The van der Waals surface area contributed by atoms with Crippen LogP contribution in [0.3, 0.4) is 0 Å². The van der Waals surface area contributed by atoms with Gasteiger partial charge in [0.05, 0.1) is 12.7 Å². The van der Waals surface area contributed by atoms with E-state index in [0.717, 1.165) is 12.8 Å². The van der Waals surface area contributed by atoms with E-state index in [1.54, 1.807) is 0 Å². The topological polar surface area (TPSA) is 9.23 Å². The van der Waals surface area contributed by atoms with Crippen LogP contribution < -0.4 is 0 Å². The van der Waals surface area contributed by atoms with Gasteiger partial charge in [0.2, 0.25) is 0 Å². The van der Waals surface area contributed by atoms with Crippen molar-refractivity contribution in [2.24, 2.45) is 0 Å². The molecule has 100 valence electrons. The van der Waals surface area contributed by atoms with Crippen LogP contribution in [-0.4, -0.2) is 0 Å². The number of rotatable bonds is 6. The monoisotopic (exact) mass is 254 g/mol. The van der Waals surface area contributed by atoms with E-state index in [1.165, 1.54) is 16.7 Å². The van der Waals surface area contributed by atoms with Crippen molar-refractivity contribution in [1.29, 1.82) is 0 Å². The van der Waals surface area contributed by atoms with Gasteiger partial charge >= 0.3 is 0 Å². The first-order valence-electron chi connectivity index (χ1n) is 7.01. The van der Waals surface area contributed by atoms with Crippen LogP contribution in [0, 0.1) is 6.92 Å². The van der Waals surface area contributed by atoms with Gasteiger partial charge in [0.25, 0.3) is 0 Å². The van der Waals surface area contributed by atoms with Crippen LogP contribution in [-0.2, 0) is 11.3 Å². The van der Waals surface area contributed by atoms with Crippen molar-refractivity contribution in [3.63, 3.8) is 0 Å². The Morgan fingerprint density at radius 2 is 1.79 bits per heavy atom. The van der Waals surface area contributed by atoms with Crippen LogP contribution in [0.25, 0.3) is 0 Å². The van der Waals surface area contributed by atoms with E-state index in [0.29, 0.717) is 6.61 Å². The smallest absolute Gasteiger partial charge is 0.0829 e. The molecule has 0 spiro atoms. The third-order valence-corrected chi connectivity index (χ3v) is 3.26. The van der Waals surface area contributed by atoms with Gasteiger partial charge in [-0.1, -0.05) is 73.5 Å².